The quantitative estimate of drug-likeness (QED) is 0.808. The molecule has 2 N–H and O–H groups in total. The molecule has 0 fully saturated rings. The van der Waals surface area contributed by atoms with Crippen LogP contribution in [0, 0.1) is 0 Å². The third kappa shape index (κ3) is 4.05. The topological polar surface area (TPSA) is 59.3 Å². The Morgan fingerprint density at radius 1 is 1.57 bits per heavy atom. The summed E-state index contributed by atoms with van der Waals surface area (Å²) in [7, 11) is 1.77. The van der Waals surface area contributed by atoms with Gasteiger partial charge < -0.3 is 15.2 Å². The summed E-state index contributed by atoms with van der Waals surface area (Å²) >= 11 is 0. The number of aliphatic hydroxyl groups excluding tert-OH is 1. The van der Waals surface area contributed by atoms with Crippen LogP contribution < -0.4 is 5.32 Å². The van der Waals surface area contributed by atoms with E-state index in [-0.39, 0.29) is 12.2 Å². The zero-order valence-electron chi connectivity index (χ0n) is 13.7. The highest BCUT2D eigenvalue weighted by molar-refractivity contribution is 5.25. The van der Waals surface area contributed by atoms with E-state index in [0.29, 0.717) is 18.6 Å². The summed E-state index contributed by atoms with van der Waals surface area (Å²) in [6.45, 7) is 7.19. The SMILES string of the molecule is COC(C)(C)CC(C)NC1CCCc2c1cnn2CCO. The largest absolute Gasteiger partial charge is 0.394 e. The molecule has 5 nitrogen and oxygen atoms in total. The third-order valence-electron chi connectivity index (χ3n) is 4.41. The van der Waals surface area contributed by atoms with E-state index >= 15 is 0 Å². The molecule has 1 aliphatic rings. The maximum absolute atomic E-state index is 9.12. The Labute approximate surface area is 127 Å². The average Bonchev–Trinajstić information content (AvgIpc) is 2.83. The van der Waals surface area contributed by atoms with Crippen LogP contribution in [0.1, 0.15) is 57.3 Å². The van der Waals surface area contributed by atoms with Gasteiger partial charge in [0.05, 0.1) is 24.9 Å². The summed E-state index contributed by atoms with van der Waals surface area (Å²) in [6, 6.07) is 0.751. The Morgan fingerprint density at radius 2 is 2.33 bits per heavy atom. The van der Waals surface area contributed by atoms with Crippen LogP contribution in [0.15, 0.2) is 6.20 Å². The summed E-state index contributed by atoms with van der Waals surface area (Å²) in [5, 5.41) is 17.3. The van der Waals surface area contributed by atoms with Crippen molar-refractivity contribution in [3.63, 3.8) is 0 Å². The van der Waals surface area contributed by atoms with Gasteiger partial charge in [-0.25, -0.2) is 0 Å². The smallest absolute Gasteiger partial charge is 0.0644 e. The van der Waals surface area contributed by atoms with Crippen LogP contribution in [0.3, 0.4) is 0 Å². The number of aromatic nitrogens is 2. The molecule has 0 radical (unpaired) electrons. The fraction of sp³-hybridized carbons (Fsp3) is 0.812. The van der Waals surface area contributed by atoms with E-state index in [0.717, 1.165) is 19.3 Å². The lowest BCUT2D eigenvalue weighted by Gasteiger charge is -2.31. The number of rotatable bonds is 7. The molecule has 0 spiro atoms. The van der Waals surface area contributed by atoms with E-state index in [2.05, 4.69) is 31.2 Å². The number of methoxy groups -OCH3 is 1. The second kappa shape index (κ2) is 6.90. The van der Waals surface area contributed by atoms with Crippen molar-refractivity contribution in [2.75, 3.05) is 13.7 Å². The van der Waals surface area contributed by atoms with E-state index in [4.69, 9.17) is 9.84 Å². The Bertz CT molecular complexity index is 456. The monoisotopic (exact) mass is 295 g/mol. The lowest BCUT2D eigenvalue weighted by molar-refractivity contribution is 0.00747. The minimum absolute atomic E-state index is 0.106. The maximum atomic E-state index is 9.12. The predicted octanol–water partition coefficient (Wildman–Crippen LogP) is 2.05. The molecule has 5 heteroatoms. The Balaban J connectivity index is 2.03. The van der Waals surface area contributed by atoms with Crippen molar-refractivity contribution in [2.24, 2.45) is 0 Å². The lowest BCUT2D eigenvalue weighted by atomic mass is 9.91. The molecule has 0 saturated carbocycles. The average molecular weight is 295 g/mol. The number of aliphatic hydroxyl groups is 1. The number of hydrogen-bond donors (Lipinski definition) is 2. The maximum Gasteiger partial charge on any atom is 0.0644 e. The molecule has 0 bridgehead atoms. The van der Waals surface area contributed by atoms with Crippen molar-refractivity contribution < 1.29 is 9.84 Å². The molecule has 0 amide bonds. The molecule has 0 aromatic carbocycles. The standard InChI is InChI=1S/C16H29N3O2/c1-12(10-16(2,3)21-4)18-14-6-5-7-15-13(14)11-17-19(15)8-9-20/h11-12,14,18,20H,5-10H2,1-4H3. The molecule has 0 aliphatic heterocycles. The molecule has 1 heterocycles. The zero-order chi connectivity index (χ0) is 15.5. The number of hydrogen-bond acceptors (Lipinski definition) is 4. The minimum Gasteiger partial charge on any atom is -0.394 e. The first kappa shape index (κ1) is 16.5. The van der Waals surface area contributed by atoms with E-state index < -0.39 is 0 Å². The van der Waals surface area contributed by atoms with E-state index in [9.17, 15) is 0 Å². The summed E-state index contributed by atoms with van der Waals surface area (Å²) in [5.74, 6) is 0. The highest BCUT2D eigenvalue weighted by Gasteiger charge is 2.27. The number of nitrogens with zero attached hydrogens (tertiary/aromatic N) is 2. The molecular formula is C16H29N3O2. The second-order valence-electron chi connectivity index (χ2n) is 6.67. The van der Waals surface area contributed by atoms with Crippen molar-refractivity contribution in [1.82, 2.24) is 15.1 Å². The van der Waals surface area contributed by atoms with Crippen LogP contribution in [0.5, 0.6) is 0 Å². The van der Waals surface area contributed by atoms with Gasteiger partial charge in [-0.3, -0.25) is 4.68 Å². The molecule has 0 saturated heterocycles. The predicted molar refractivity (Wildman–Crippen MR) is 83.3 cm³/mol. The molecule has 120 valence electrons. The van der Waals surface area contributed by atoms with Gasteiger partial charge >= 0.3 is 0 Å². The van der Waals surface area contributed by atoms with Gasteiger partial charge in [0.1, 0.15) is 0 Å². The summed E-state index contributed by atoms with van der Waals surface area (Å²) < 4.78 is 7.47. The molecule has 1 aromatic heterocycles. The van der Waals surface area contributed by atoms with Crippen LogP contribution in [0.2, 0.25) is 0 Å². The van der Waals surface area contributed by atoms with Gasteiger partial charge in [0, 0.05) is 30.5 Å². The molecular weight excluding hydrogens is 266 g/mol. The molecule has 2 atom stereocenters. The Kier molecular flexibility index (Phi) is 5.41. The van der Waals surface area contributed by atoms with E-state index in [1.807, 2.05) is 10.9 Å². The van der Waals surface area contributed by atoms with Crippen molar-refractivity contribution in [3.8, 4) is 0 Å². The first-order valence-electron chi connectivity index (χ1n) is 7.93. The van der Waals surface area contributed by atoms with Crippen LogP contribution in [-0.2, 0) is 17.7 Å². The fourth-order valence-corrected chi connectivity index (χ4v) is 3.30. The van der Waals surface area contributed by atoms with Crippen LogP contribution in [0.25, 0.3) is 0 Å². The van der Waals surface area contributed by atoms with Crippen molar-refractivity contribution in [1.29, 1.82) is 0 Å². The van der Waals surface area contributed by atoms with Crippen molar-refractivity contribution in [3.05, 3.63) is 17.5 Å². The van der Waals surface area contributed by atoms with E-state index in [1.165, 1.54) is 17.7 Å². The van der Waals surface area contributed by atoms with Crippen molar-refractivity contribution >= 4 is 0 Å². The summed E-state index contributed by atoms with van der Waals surface area (Å²) in [4.78, 5) is 0. The van der Waals surface area contributed by atoms with Gasteiger partial charge in [0.15, 0.2) is 0 Å². The Hall–Kier alpha value is -0.910. The number of ether oxygens (including phenoxy) is 1. The normalized spacial score (nSPS) is 20.3. The van der Waals surface area contributed by atoms with Gasteiger partial charge in [0.2, 0.25) is 0 Å². The van der Waals surface area contributed by atoms with Gasteiger partial charge in [-0.05, 0) is 46.5 Å². The molecule has 1 aromatic rings. The third-order valence-corrected chi connectivity index (χ3v) is 4.41. The summed E-state index contributed by atoms with van der Waals surface area (Å²) in [6.07, 6.45) is 6.32. The highest BCUT2D eigenvalue weighted by Crippen LogP contribution is 2.30. The van der Waals surface area contributed by atoms with Gasteiger partial charge in [-0.1, -0.05) is 0 Å². The Morgan fingerprint density at radius 3 is 3.00 bits per heavy atom. The summed E-state index contributed by atoms with van der Waals surface area (Å²) in [5.41, 5.74) is 2.48. The zero-order valence-corrected chi connectivity index (χ0v) is 13.7. The van der Waals surface area contributed by atoms with Crippen LogP contribution >= 0.6 is 0 Å². The first-order valence-corrected chi connectivity index (χ1v) is 7.93. The molecule has 21 heavy (non-hydrogen) atoms. The first-order chi connectivity index (χ1) is 9.96. The second-order valence-corrected chi connectivity index (χ2v) is 6.67. The molecule has 2 rings (SSSR count). The molecule has 1 aliphatic carbocycles. The fourth-order valence-electron chi connectivity index (χ4n) is 3.30. The van der Waals surface area contributed by atoms with Gasteiger partial charge in [-0.2, -0.15) is 5.10 Å². The van der Waals surface area contributed by atoms with Crippen LogP contribution in [-0.4, -0.2) is 40.2 Å². The van der Waals surface area contributed by atoms with Gasteiger partial charge in [0.25, 0.3) is 0 Å². The number of nitrogens with one attached hydrogen (secondary N) is 1. The van der Waals surface area contributed by atoms with Crippen LogP contribution in [0.4, 0.5) is 0 Å². The number of fused-ring (bicyclic) bond motifs is 1. The lowest BCUT2D eigenvalue weighted by Crippen LogP contribution is -2.38. The van der Waals surface area contributed by atoms with Crippen molar-refractivity contribution in [2.45, 2.75) is 70.7 Å². The minimum atomic E-state index is -0.106. The van der Waals surface area contributed by atoms with E-state index in [1.54, 1.807) is 7.11 Å². The molecule has 2 unspecified atom stereocenters. The highest BCUT2D eigenvalue weighted by atomic mass is 16.5. The van der Waals surface area contributed by atoms with Gasteiger partial charge in [-0.15, -0.1) is 0 Å².